The molecule has 0 heterocycles. The third kappa shape index (κ3) is 71.1. The smallest absolute Gasteiger partial charge is 0.306 e. The van der Waals surface area contributed by atoms with E-state index in [1.807, 2.05) is 21.1 Å². The summed E-state index contributed by atoms with van der Waals surface area (Å²) in [5.74, 6) is -0.811. The zero-order valence-corrected chi connectivity index (χ0v) is 58.7. The van der Waals surface area contributed by atoms with Crippen LogP contribution in [0.4, 0.5) is 0 Å². The summed E-state index contributed by atoms with van der Waals surface area (Å²) in [6.45, 7) is 4.20. The standard InChI is InChI=1S/C76H144NO8P/c1-6-8-10-12-14-16-18-20-22-24-26-28-30-32-34-36-38-40-42-44-46-48-50-52-54-56-58-60-62-64-66-68-75(78)82-72-74(73-84-86(80,81)83-71-70-77(3,4)5)85-76(79)69-67-65-63-61-59-57-55-53-51-49-47-45-43-41-39-37-35-33-31-29-27-25-23-21-19-17-15-13-11-9-7-2/h9,11,15,17,21,23,27,29,74H,6-8,10,12-14,16,18-20,22,24-26,28,30-73H2,1-5H3/b11-9-,17-15-,23-21-,29-27-. The highest BCUT2D eigenvalue weighted by Gasteiger charge is 2.22. The van der Waals surface area contributed by atoms with E-state index < -0.39 is 26.5 Å². The first-order valence-electron chi connectivity index (χ1n) is 37.3. The highest BCUT2D eigenvalue weighted by atomic mass is 31.2. The Bertz CT molecular complexity index is 1590. The van der Waals surface area contributed by atoms with Crippen LogP contribution >= 0.6 is 7.82 Å². The lowest BCUT2D eigenvalue weighted by Crippen LogP contribution is -2.37. The van der Waals surface area contributed by atoms with Gasteiger partial charge in [-0.2, -0.15) is 0 Å². The van der Waals surface area contributed by atoms with Crippen LogP contribution in [0.2, 0.25) is 0 Å². The van der Waals surface area contributed by atoms with E-state index in [1.165, 1.54) is 283 Å². The van der Waals surface area contributed by atoms with Crippen molar-refractivity contribution < 1.29 is 42.1 Å². The lowest BCUT2D eigenvalue weighted by molar-refractivity contribution is -0.870. The van der Waals surface area contributed by atoms with Crippen molar-refractivity contribution in [1.82, 2.24) is 0 Å². The Labute approximate surface area is 534 Å². The van der Waals surface area contributed by atoms with Gasteiger partial charge in [-0.15, -0.1) is 0 Å². The van der Waals surface area contributed by atoms with Crippen LogP contribution in [0.15, 0.2) is 48.6 Å². The molecule has 0 aliphatic rings. The van der Waals surface area contributed by atoms with E-state index in [0.29, 0.717) is 17.4 Å². The number of hydrogen-bond acceptors (Lipinski definition) is 8. The number of likely N-dealkylation sites (N-methyl/N-ethyl adjacent to an activating group) is 1. The molecule has 0 aliphatic carbocycles. The van der Waals surface area contributed by atoms with Crippen molar-refractivity contribution in [3.8, 4) is 0 Å². The number of carbonyl (C=O) groups is 2. The molecule has 0 saturated carbocycles. The maximum Gasteiger partial charge on any atom is 0.306 e. The van der Waals surface area contributed by atoms with Crippen molar-refractivity contribution in [3.63, 3.8) is 0 Å². The van der Waals surface area contributed by atoms with E-state index in [-0.39, 0.29) is 32.0 Å². The largest absolute Gasteiger partial charge is 0.756 e. The van der Waals surface area contributed by atoms with Crippen LogP contribution in [0.5, 0.6) is 0 Å². The molecule has 10 heteroatoms. The number of quaternary nitrogens is 1. The average Bonchev–Trinajstić information content (AvgIpc) is 3.56. The third-order valence-corrected chi connectivity index (χ3v) is 17.8. The Morgan fingerprint density at radius 1 is 0.372 bits per heavy atom. The number of ether oxygens (including phenoxy) is 2. The Morgan fingerprint density at radius 2 is 0.663 bits per heavy atom. The van der Waals surface area contributed by atoms with Gasteiger partial charge in [-0.1, -0.05) is 358 Å². The van der Waals surface area contributed by atoms with Gasteiger partial charge in [-0.05, 0) is 51.4 Å². The van der Waals surface area contributed by atoms with Crippen LogP contribution in [0.25, 0.3) is 0 Å². The Hall–Kier alpha value is -2.03. The molecule has 0 spiro atoms. The predicted molar refractivity (Wildman–Crippen MR) is 370 cm³/mol. The zero-order chi connectivity index (χ0) is 62.6. The van der Waals surface area contributed by atoms with Crippen LogP contribution in [0, 0.1) is 0 Å². The maximum atomic E-state index is 12.9. The first kappa shape index (κ1) is 84.0. The summed E-state index contributed by atoms with van der Waals surface area (Å²) >= 11 is 0. The van der Waals surface area contributed by atoms with Crippen LogP contribution < -0.4 is 4.89 Å². The summed E-state index contributed by atoms with van der Waals surface area (Å²) in [5.41, 5.74) is 0. The van der Waals surface area contributed by atoms with Gasteiger partial charge < -0.3 is 27.9 Å². The van der Waals surface area contributed by atoms with E-state index in [4.69, 9.17) is 18.5 Å². The Balaban J connectivity index is 3.95. The number of carbonyl (C=O) groups excluding carboxylic acids is 2. The summed E-state index contributed by atoms with van der Waals surface area (Å²) in [5, 5.41) is 0. The highest BCUT2D eigenvalue weighted by Crippen LogP contribution is 2.38. The molecular weight excluding hydrogens is 1090 g/mol. The van der Waals surface area contributed by atoms with Gasteiger partial charge >= 0.3 is 11.9 Å². The molecule has 86 heavy (non-hydrogen) atoms. The molecular formula is C76H144NO8P. The molecule has 506 valence electrons. The van der Waals surface area contributed by atoms with Crippen molar-refractivity contribution in [3.05, 3.63) is 48.6 Å². The predicted octanol–water partition coefficient (Wildman–Crippen LogP) is 23.8. The van der Waals surface area contributed by atoms with Gasteiger partial charge in [0.2, 0.25) is 0 Å². The fraction of sp³-hybridized carbons (Fsp3) is 0.868. The molecule has 0 aromatic carbocycles. The van der Waals surface area contributed by atoms with Gasteiger partial charge in [-0.3, -0.25) is 14.2 Å². The van der Waals surface area contributed by atoms with Crippen molar-refractivity contribution in [2.45, 2.75) is 380 Å². The second kappa shape index (κ2) is 67.4. The fourth-order valence-corrected chi connectivity index (χ4v) is 11.9. The second-order valence-corrected chi connectivity index (χ2v) is 28.1. The molecule has 0 aromatic rings. The monoisotopic (exact) mass is 1230 g/mol. The van der Waals surface area contributed by atoms with E-state index in [9.17, 15) is 19.0 Å². The van der Waals surface area contributed by atoms with Crippen molar-refractivity contribution in [2.75, 3.05) is 47.5 Å². The molecule has 2 atom stereocenters. The lowest BCUT2D eigenvalue weighted by atomic mass is 10.0. The molecule has 0 rings (SSSR count). The summed E-state index contributed by atoms with van der Waals surface area (Å²) in [6.07, 6.45) is 87.9. The molecule has 2 unspecified atom stereocenters. The minimum atomic E-state index is -4.64. The number of rotatable bonds is 70. The summed E-state index contributed by atoms with van der Waals surface area (Å²) in [6, 6.07) is 0. The minimum absolute atomic E-state index is 0.0282. The first-order chi connectivity index (χ1) is 42.0. The van der Waals surface area contributed by atoms with Crippen molar-refractivity contribution in [2.24, 2.45) is 0 Å². The number of allylic oxidation sites excluding steroid dienone is 8. The van der Waals surface area contributed by atoms with Crippen LogP contribution in [0.3, 0.4) is 0 Å². The van der Waals surface area contributed by atoms with E-state index in [2.05, 4.69) is 62.5 Å². The van der Waals surface area contributed by atoms with Gasteiger partial charge in [-0.25, -0.2) is 0 Å². The van der Waals surface area contributed by atoms with Crippen molar-refractivity contribution in [1.29, 1.82) is 0 Å². The Morgan fingerprint density at radius 3 is 0.988 bits per heavy atom. The number of nitrogens with zero attached hydrogens (tertiary/aromatic N) is 1. The quantitative estimate of drug-likeness (QED) is 0.0195. The molecule has 0 bridgehead atoms. The normalized spacial score (nSPS) is 13.3. The second-order valence-electron chi connectivity index (χ2n) is 26.6. The molecule has 0 aromatic heterocycles. The SMILES string of the molecule is CC/C=C\C/C=C\C/C=C\C/C=C\CCCCCCCCCCCCCCCCCCCCC(=O)OC(COC(=O)CCCCCCCCCCCCCCCCCCCCCCCCCCCCCCCCC)COP(=O)([O-])OCC[N+](C)(C)C. The molecule has 0 aliphatic heterocycles. The van der Waals surface area contributed by atoms with Gasteiger partial charge in [0, 0.05) is 12.8 Å². The fourth-order valence-electron chi connectivity index (χ4n) is 11.2. The van der Waals surface area contributed by atoms with E-state index >= 15 is 0 Å². The maximum absolute atomic E-state index is 12.9. The number of hydrogen-bond donors (Lipinski definition) is 0. The highest BCUT2D eigenvalue weighted by molar-refractivity contribution is 7.45. The van der Waals surface area contributed by atoms with Crippen molar-refractivity contribution >= 4 is 19.8 Å². The number of esters is 2. The molecule has 0 fully saturated rings. The third-order valence-electron chi connectivity index (χ3n) is 16.9. The topological polar surface area (TPSA) is 111 Å². The molecule has 0 amide bonds. The molecule has 9 nitrogen and oxygen atoms in total. The minimum Gasteiger partial charge on any atom is -0.756 e. The molecule has 0 N–H and O–H groups in total. The first-order valence-corrected chi connectivity index (χ1v) is 38.8. The summed E-state index contributed by atoms with van der Waals surface area (Å²) in [7, 11) is 1.19. The average molecular weight is 1230 g/mol. The van der Waals surface area contributed by atoms with Gasteiger partial charge in [0.05, 0.1) is 27.7 Å². The Kier molecular flexibility index (Phi) is 65.8. The van der Waals surface area contributed by atoms with Crippen LogP contribution in [-0.2, 0) is 32.7 Å². The zero-order valence-electron chi connectivity index (χ0n) is 57.8. The molecule has 0 radical (unpaired) electrons. The van der Waals surface area contributed by atoms with Crippen LogP contribution in [-0.4, -0.2) is 70.0 Å². The number of phosphoric ester groups is 1. The van der Waals surface area contributed by atoms with Gasteiger partial charge in [0.1, 0.15) is 19.8 Å². The number of unbranched alkanes of at least 4 members (excludes halogenated alkanes) is 48. The number of phosphoric acid groups is 1. The van der Waals surface area contributed by atoms with E-state index in [0.717, 1.165) is 57.8 Å². The molecule has 0 saturated heterocycles. The van der Waals surface area contributed by atoms with Gasteiger partial charge in [0.25, 0.3) is 7.82 Å². The summed E-state index contributed by atoms with van der Waals surface area (Å²) < 4.78 is 34.4. The lowest BCUT2D eigenvalue weighted by Gasteiger charge is -2.28. The van der Waals surface area contributed by atoms with Crippen LogP contribution in [0.1, 0.15) is 373 Å². The van der Waals surface area contributed by atoms with Gasteiger partial charge in [0.15, 0.2) is 6.10 Å². The summed E-state index contributed by atoms with van der Waals surface area (Å²) in [4.78, 5) is 38.1. The van der Waals surface area contributed by atoms with E-state index in [1.54, 1.807) is 0 Å².